The Labute approximate surface area is 211 Å². The summed E-state index contributed by atoms with van der Waals surface area (Å²) in [6.07, 6.45) is 1.86. The molecule has 1 aliphatic rings. The Kier molecular flexibility index (Phi) is 9.52. The van der Waals surface area contributed by atoms with Crippen LogP contribution in [0.15, 0.2) is 32.7 Å². The highest BCUT2D eigenvalue weighted by Crippen LogP contribution is 2.34. The molecule has 0 amide bonds. The number of thiol groups is 1. The fourth-order valence-corrected chi connectivity index (χ4v) is 4.67. The van der Waals surface area contributed by atoms with Gasteiger partial charge in [0.1, 0.15) is 17.3 Å². The van der Waals surface area contributed by atoms with Crippen molar-refractivity contribution in [1.29, 1.82) is 0 Å². The van der Waals surface area contributed by atoms with Crippen molar-refractivity contribution in [2.45, 2.75) is 18.2 Å². The molecule has 2 aromatic rings. The third-order valence-corrected chi connectivity index (χ3v) is 6.85. The summed E-state index contributed by atoms with van der Waals surface area (Å²) in [5.41, 5.74) is 0.567. The first-order valence-electron chi connectivity index (χ1n) is 10.7. The second kappa shape index (κ2) is 11.5. The summed E-state index contributed by atoms with van der Waals surface area (Å²) in [4.78, 5) is 29.1. The van der Waals surface area contributed by atoms with E-state index in [0.717, 1.165) is 42.4 Å². The molecule has 0 bridgehead atoms. The molecule has 13 heteroatoms. The van der Waals surface area contributed by atoms with Gasteiger partial charge < -0.3 is 9.64 Å². The second-order valence-corrected chi connectivity index (χ2v) is 10.4. The lowest BCUT2D eigenvalue weighted by atomic mass is 10.2. The molecule has 0 atom stereocenters. The highest BCUT2D eigenvalue weighted by molar-refractivity contribution is 7.92. The van der Waals surface area contributed by atoms with E-state index in [4.69, 9.17) is 4.74 Å². The van der Waals surface area contributed by atoms with Gasteiger partial charge in [-0.1, -0.05) is 6.07 Å². The zero-order chi connectivity index (χ0) is 24.3. The summed E-state index contributed by atoms with van der Waals surface area (Å²) in [6, 6.07) is 5.09. The molecule has 1 saturated heterocycles. The van der Waals surface area contributed by atoms with Crippen molar-refractivity contribution in [3.05, 3.63) is 44.6 Å². The molecule has 1 fully saturated rings. The predicted molar refractivity (Wildman–Crippen MR) is 140 cm³/mol. The number of hydrogen-bond donors (Lipinski definition) is 2. The fourth-order valence-electron chi connectivity index (χ4n) is 3.78. The minimum atomic E-state index is -3.46. The maximum absolute atomic E-state index is 12.2. The van der Waals surface area contributed by atoms with Crippen LogP contribution in [-0.4, -0.2) is 68.0 Å². The summed E-state index contributed by atoms with van der Waals surface area (Å²) < 4.78 is 34.4. The van der Waals surface area contributed by atoms with Gasteiger partial charge in [-0.15, -0.1) is 25.0 Å². The van der Waals surface area contributed by atoms with Gasteiger partial charge in [0.05, 0.1) is 12.9 Å². The van der Waals surface area contributed by atoms with E-state index in [2.05, 4.69) is 27.2 Å². The van der Waals surface area contributed by atoms with Crippen LogP contribution in [0.1, 0.15) is 12.0 Å². The Hall–Kier alpha value is -2.15. The van der Waals surface area contributed by atoms with Crippen LogP contribution in [0.5, 0.6) is 5.75 Å². The highest BCUT2D eigenvalue weighted by Gasteiger charge is 2.20. The SMILES string of the molecule is Cc1ccc(OCCCN2CCN(c3cc(=O)n(C)c(=O)n3C)CC2)c(NS(C)(=O)=O)c1S.Cl. The van der Waals surface area contributed by atoms with E-state index in [1.54, 1.807) is 13.1 Å². The molecule has 190 valence electrons. The molecule has 1 aromatic heterocycles. The van der Waals surface area contributed by atoms with Gasteiger partial charge in [-0.25, -0.2) is 13.2 Å². The monoisotopic (exact) mass is 533 g/mol. The number of rotatable bonds is 8. The lowest BCUT2D eigenvalue weighted by Crippen LogP contribution is -2.49. The van der Waals surface area contributed by atoms with Gasteiger partial charge in [-0.2, -0.15) is 0 Å². The van der Waals surface area contributed by atoms with E-state index in [-0.39, 0.29) is 23.7 Å². The Bertz CT molecular complexity index is 1240. The molecule has 1 aromatic carbocycles. The van der Waals surface area contributed by atoms with Gasteiger partial charge in [-0.3, -0.25) is 23.6 Å². The topological polar surface area (TPSA) is 106 Å². The first-order valence-corrected chi connectivity index (χ1v) is 13.0. The maximum atomic E-state index is 12.2. The Balaban J connectivity index is 0.00000408. The molecular formula is C21H32ClN5O5S2. The lowest BCUT2D eigenvalue weighted by molar-refractivity contribution is 0.224. The summed E-state index contributed by atoms with van der Waals surface area (Å²) in [5, 5.41) is 0. The Morgan fingerprint density at radius 1 is 1.09 bits per heavy atom. The van der Waals surface area contributed by atoms with Crippen molar-refractivity contribution < 1.29 is 13.2 Å². The van der Waals surface area contributed by atoms with Gasteiger partial charge in [0.25, 0.3) is 5.56 Å². The van der Waals surface area contributed by atoms with Gasteiger partial charge in [-0.05, 0) is 25.0 Å². The number of halogens is 1. The zero-order valence-corrected chi connectivity index (χ0v) is 22.3. The maximum Gasteiger partial charge on any atom is 0.332 e. The summed E-state index contributed by atoms with van der Waals surface area (Å²) in [5.74, 6) is 1.09. The largest absolute Gasteiger partial charge is 0.491 e. The van der Waals surface area contributed by atoms with E-state index in [1.165, 1.54) is 17.7 Å². The predicted octanol–water partition coefficient (Wildman–Crippen LogP) is 1.07. The van der Waals surface area contributed by atoms with Crippen LogP contribution in [0.25, 0.3) is 0 Å². The first kappa shape index (κ1) is 28.1. The van der Waals surface area contributed by atoms with Crippen molar-refractivity contribution in [3.8, 4) is 5.75 Å². The quantitative estimate of drug-likeness (QED) is 0.386. The minimum absolute atomic E-state index is 0. The van der Waals surface area contributed by atoms with Crippen LogP contribution in [0.4, 0.5) is 11.5 Å². The van der Waals surface area contributed by atoms with Gasteiger partial charge in [0, 0.05) is 57.8 Å². The van der Waals surface area contributed by atoms with E-state index in [9.17, 15) is 18.0 Å². The van der Waals surface area contributed by atoms with Crippen LogP contribution in [0.2, 0.25) is 0 Å². The van der Waals surface area contributed by atoms with Crippen LogP contribution in [-0.2, 0) is 24.1 Å². The normalized spacial score (nSPS) is 14.6. The number of anilines is 2. The number of piperazine rings is 1. The van der Waals surface area contributed by atoms with E-state index >= 15 is 0 Å². The van der Waals surface area contributed by atoms with Crippen molar-refractivity contribution >= 4 is 46.6 Å². The highest BCUT2D eigenvalue weighted by atomic mass is 35.5. The summed E-state index contributed by atoms with van der Waals surface area (Å²) >= 11 is 4.42. The number of ether oxygens (including phenoxy) is 1. The van der Waals surface area contributed by atoms with Crippen molar-refractivity contribution in [1.82, 2.24) is 14.0 Å². The lowest BCUT2D eigenvalue weighted by Gasteiger charge is -2.36. The molecule has 1 aliphatic heterocycles. The Morgan fingerprint density at radius 2 is 1.74 bits per heavy atom. The number of aromatic nitrogens is 2. The summed E-state index contributed by atoms with van der Waals surface area (Å²) in [7, 11) is -0.310. The van der Waals surface area contributed by atoms with Crippen LogP contribution in [0.3, 0.4) is 0 Å². The van der Waals surface area contributed by atoms with E-state index in [1.807, 2.05) is 13.0 Å². The molecule has 0 aliphatic carbocycles. The number of aryl methyl sites for hydroxylation is 1. The average Bonchev–Trinajstić information content (AvgIpc) is 2.76. The Morgan fingerprint density at radius 3 is 2.35 bits per heavy atom. The fraction of sp³-hybridized carbons (Fsp3) is 0.524. The van der Waals surface area contributed by atoms with E-state index in [0.29, 0.717) is 41.8 Å². The van der Waals surface area contributed by atoms with Gasteiger partial charge in [0.2, 0.25) is 10.0 Å². The smallest absolute Gasteiger partial charge is 0.332 e. The molecule has 1 N–H and O–H groups in total. The van der Waals surface area contributed by atoms with Gasteiger partial charge >= 0.3 is 5.69 Å². The molecule has 10 nitrogen and oxygen atoms in total. The van der Waals surface area contributed by atoms with E-state index < -0.39 is 10.0 Å². The third kappa shape index (κ3) is 6.71. The molecular weight excluding hydrogens is 502 g/mol. The summed E-state index contributed by atoms with van der Waals surface area (Å²) in [6.45, 7) is 6.13. The van der Waals surface area contributed by atoms with Crippen LogP contribution in [0, 0.1) is 6.92 Å². The standard InChI is InChI=1S/C21H31N5O5S2.ClH/c1-15-6-7-16(19(20(15)32)22-33(4,29)30)31-13-5-8-25-9-11-26(12-10-25)17-14-18(27)24(3)21(28)23(17)2;/h6-7,14,22,32H,5,8-13H2,1-4H3;1H. The van der Waals surface area contributed by atoms with Crippen molar-refractivity contribution in [2.75, 3.05) is 55.2 Å². The third-order valence-electron chi connectivity index (χ3n) is 5.70. The molecule has 0 spiro atoms. The second-order valence-electron chi connectivity index (χ2n) is 8.25. The van der Waals surface area contributed by atoms with Crippen molar-refractivity contribution in [3.63, 3.8) is 0 Å². The first-order chi connectivity index (χ1) is 15.5. The molecule has 34 heavy (non-hydrogen) atoms. The molecule has 3 rings (SSSR count). The minimum Gasteiger partial charge on any atom is -0.491 e. The number of nitrogens with one attached hydrogen (secondary N) is 1. The molecule has 0 radical (unpaired) electrons. The molecule has 2 heterocycles. The molecule has 0 saturated carbocycles. The van der Waals surface area contributed by atoms with Crippen LogP contribution < -0.4 is 25.6 Å². The number of hydrogen-bond acceptors (Lipinski definition) is 8. The number of benzene rings is 1. The zero-order valence-electron chi connectivity index (χ0n) is 19.8. The number of nitrogens with zero attached hydrogens (tertiary/aromatic N) is 4. The number of sulfonamides is 1. The molecule has 0 unspecified atom stereocenters. The average molecular weight is 534 g/mol. The van der Waals surface area contributed by atoms with Gasteiger partial charge in [0.15, 0.2) is 0 Å². The van der Waals surface area contributed by atoms with Crippen molar-refractivity contribution in [2.24, 2.45) is 14.1 Å². The van der Waals surface area contributed by atoms with Crippen LogP contribution >= 0.6 is 25.0 Å².